The number of carbonyl (C=O) groups excluding carboxylic acids is 4. The van der Waals surface area contributed by atoms with Crippen LogP contribution in [0.1, 0.15) is 43.5 Å². The minimum Gasteiger partial charge on any atom is -0.344 e. The summed E-state index contributed by atoms with van der Waals surface area (Å²) >= 11 is 0. The SMILES string of the molecule is C[C@@H](NC(=O)[C@@H]1[C@@H]2C(=O)Nc3ccccc3C(=O)[C@]12C)C(=O)N1CCCCC1. The number of fused-ring (bicyclic) bond motifs is 2. The van der Waals surface area contributed by atoms with Crippen molar-refractivity contribution in [3.05, 3.63) is 29.8 Å². The molecular formula is C21H25N3O4. The van der Waals surface area contributed by atoms with E-state index in [1.165, 1.54) is 0 Å². The highest BCUT2D eigenvalue weighted by Gasteiger charge is 2.73. The minimum atomic E-state index is -1.07. The monoisotopic (exact) mass is 383 g/mol. The van der Waals surface area contributed by atoms with E-state index >= 15 is 0 Å². The van der Waals surface area contributed by atoms with Crippen LogP contribution in [0.3, 0.4) is 0 Å². The predicted molar refractivity (Wildman–Crippen MR) is 103 cm³/mol. The summed E-state index contributed by atoms with van der Waals surface area (Å²) in [5.41, 5.74) is -0.165. The lowest BCUT2D eigenvalue weighted by Crippen LogP contribution is -2.49. The zero-order valence-corrected chi connectivity index (χ0v) is 16.2. The molecule has 1 aromatic carbocycles. The summed E-state index contributed by atoms with van der Waals surface area (Å²) in [7, 11) is 0. The molecular weight excluding hydrogens is 358 g/mol. The van der Waals surface area contributed by atoms with Gasteiger partial charge >= 0.3 is 0 Å². The number of Topliss-reactive ketones (excluding diaryl/α,β-unsaturated/α-hetero) is 1. The molecule has 7 nitrogen and oxygen atoms in total. The van der Waals surface area contributed by atoms with E-state index in [2.05, 4.69) is 10.6 Å². The van der Waals surface area contributed by atoms with Gasteiger partial charge in [0.1, 0.15) is 6.04 Å². The Kier molecular flexibility index (Phi) is 4.48. The predicted octanol–water partition coefficient (Wildman–Crippen LogP) is 1.59. The second kappa shape index (κ2) is 6.72. The molecule has 2 fully saturated rings. The first-order valence-electron chi connectivity index (χ1n) is 9.89. The summed E-state index contributed by atoms with van der Waals surface area (Å²) in [6, 6.07) is 6.17. The van der Waals surface area contributed by atoms with Crippen LogP contribution in [0, 0.1) is 17.3 Å². The number of nitrogens with zero attached hydrogens (tertiary/aromatic N) is 1. The second-order valence-corrected chi connectivity index (χ2v) is 8.22. The van der Waals surface area contributed by atoms with Gasteiger partial charge in [-0.05, 0) is 38.3 Å². The van der Waals surface area contributed by atoms with E-state index in [1.807, 2.05) is 0 Å². The smallest absolute Gasteiger partial charge is 0.244 e. The fraction of sp³-hybridized carbons (Fsp3) is 0.524. The number of carbonyl (C=O) groups is 4. The molecule has 1 aliphatic carbocycles. The first kappa shape index (κ1) is 18.7. The fourth-order valence-corrected chi connectivity index (χ4v) is 4.69. The lowest BCUT2D eigenvalue weighted by atomic mass is 9.92. The Labute approximate surface area is 163 Å². The Morgan fingerprint density at radius 2 is 1.86 bits per heavy atom. The average Bonchev–Trinajstić information content (AvgIpc) is 3.36. The average molecular weight is 383 g/mol. The quantitative estimate of drug-likeness (QED) is 0.829. The molecule has 4 rings (SSSR count). The molecule has 0 unspecified atom stereocenters. The van der Waals surface area contributed by atoms with Crippen LogP contribution >= 0.6 is 0 Å². The maximum Gasteiger partial charge on any atom is 0.244 e. The number of ketones is 1. The molecule has 0 bridgehead atoms. The molecule has 4 atom stereocenters. The van der Waals surface area contributed by atoms with Crippen molar-refractivity contribution in [1.29, 1.82) is 0 Å². The van der Waals surface area contributed by atoms with Crippen LogP contribution in [0.15, 0.2) is 24.3 Å². The van der Waals surface area contributed by atoms with E-state index in [0.29, 0.717) is 24.3 Å². The van der Waals surface area contributed by atoms with Gasteiger partial charge in [0.25, 0.3) is 0 Å². The van der Waals surface area contributed by atoms with Gasteiger partial charge in [0, 0.05) is 18.7 Å². The number of rotatable bonds is 3. The van der Waals surface area contributed by atoms with Crippen molar-refractivity contribution in [2.45, 2.75) is 39.2 Å². The summed E-state index contributed by atoms with van der Waals surface area (Å²) in [5.74, 6) is -2.53. The number of nitrogens with one attached hydrogen (secondary N) is 2. The van der Waals surface area contributed by atoms with Crippen molar-refractivity contribution >= 4 is 29.2 Å². The molecule has 0 aromatic heterocycles. The van der Waals surface area contributed by atoms with Crippen molar-refractivity contribution in [2.24, 2.45) is 17.3 Å². The number of hydrogen-bond donors (Lipinski definition) is 2. The minimum absolute atomic E-state index is 0.111. The van der Waals surface area contributed by atoms with Crippen molar-refractivity contribution in [3.63, 3.8) is 0 Å². The summed E-state index contributed by atoms with van der Waals surface area (Å²) in [6.07, 6.45) is 3.07. The molecule has 2 heterocycles. The lowest BCUT2D eigenvalue weighted by Gasteiger charge is -2.29. The van der Waals surface area contributed by atoms with Crippen LogP contribution in [0.4, 0.5) is 5.69 Å². The van der Waals surface area contributed by atoms with Gasteiger partial charge in [-0.2, -0.15) is 0 Å². The third-order valence-corrected chi connectivity index (χ3v) is 6.40. The summed E-state index contributed by atoms with van der Waals surface area (Å²) in [6.45, 7) is 4.75. The van der Waals surface area contributed by atoms with Crippen molar-refractivity contribution in [3.8, 4) is 0 Å². The Morgan fingerprint density at radius 1 is 1.18 bits per heavy atom. The van der Waals surface area contributed by atoms with E-state index in [0.717, 1.165) is 19.3 Å². The normalized spacial score (nSPS) is 29.7. The zero-order valence-electron chi connectivity index (χ0n) is 16.2. The topological polar surface area (TPSA) is 95.6 Å². The number of anilines is 1. The number of amides is 3. The highest BCUT2D eigenvalue weighted by molar-refractivity contribution is 6.19. The van der Waals surface area contributed by atoms with Crippen molar-refractivity contribution in [2.75, 3.05) is 18.4 Å². The van der Waals surface area contributed by atoms with Gasteiger partial charge in [0.2, 0.25) is 17.7 Å². The second-order valence-electron chi connectivity index (χ2n) is 8.22. The standard InChI is InChI=1S/C21H25N3O4/c1-12(20(28)24-10-6-3-7-11-24)22-18(26)15-16-19(27)23-14-9-5-4-8-13(14)17(25)21(15,16)2/h4-5,8-9,12,15-16H,3,6-7,10-11H2,1-2H3,(H,22,26)(H,23,27)/t12-,15+,16-,21-/m1/s1. The van der Waals surface area contributed by atoms with Crippen LogP contribution < -0.4 is 10.6 Å². The van der Waals surface area contributed by atoms with Crippen molar-refractivity contribution < 1.29 is 19.2 Å². The third kappa shape index (κ3) is 2.80. The summed E-state index contributed by atoms with van der Waals surface area (Å²) in [5, 5.41) is 5.51. The van der Waals surface area contributed by atoms with Gasteiger partial charge in [0.05, 0.1) is 22.9 Å². The molecule has 28 heavy (non-hydrogen) atoms. The molecule has 1 saturated heterocycles. The number of para-hydroxylation sites is 1. The van der Waals surface area contributed by atoms with Gasteiger partial charge in [0.15, 0.2) is 5.78 Å². The zero-order chi connectivity index (χ0) is 20.1. The van der Waals surface area contributed by atoms with Gasteiger partial charge in [-0.25, -0.2) is 0 Å². The van der Waals surface area contributed by atoms with E-state index in [1.54, 1.807) is 43.0 Å². The maximum absolute atomic E-state index is 13.1. The molecule has 1 saturated carbocycles. The molecule has 3 amide bonds. The van der Waals surface area contributed by atoms with E-state index < -0.39 is 29.2 Å². The van der Waals surface area contributed by atoms with E-state index in [-0.39, 0.29) is 17.6 Å². The third-order valence-electron chi connectivity index (χ3n) is 6.40. The van der Waals surface area contributed by atoms with Gasteiger partial charge < -0.3 is 15.5 Å². The number of piperidine rings is 1. The maximum atomic E-state index is 13.1. The Hall–Kier alpha value is -2.70. The van der Waals surface area contributed by atoms with Crippen molar-refractivity contribution in [1.82, 2.24) is 10.2 Å². The van der Waals surface area contributed by atoms with E-state index in [9.17, 15) is 19.2 Å². The lowest BCUT2D eigenvalue weighted by molar-refractivity contribution is -0.137. The number of hydrogen-bond acceptors (Lipinski definition) is 4. The largest absolute Gasteiger partial charge is 0.344 e. The summed E-state index contributed by atoms with van der Waals surface area (Å²) < 4.78 is 0. The Morgan fingerprint density at radius 3 is 2.57 bits per heavy atom. The number of benzene rings is 1. The first-order valence-corrected chi connectivity index (χ1v) is 9.89. The molecule has 0 spiro atoms. The van der Waals surface area contributed by atoms with Crippen LogP contribution in [-0.2, 0) is 14.4 Å². The molecule has 148 valence electrons. The number of likely N-dealkylation sites (tertiary alicyclic amines) is 1. The molecule has 0 radical (unpaired) electrons. The van der Waals surface area contributed by atoms with Gasteiger partial charge in [-0.3, -0.25) is 19.2 Å². The van der Waals surface area contributed by atoms with Crippen LogP contribution in [0.5, 0.6) is 0 Å². The van der Waals surface area contributed by atoms with Crippen LogP contribution in [0.25, 0.3) is 0 Å². The van der Waals surface area contributed by atoms with E-state index in [4.69, 9.17) is 0 Å². The highest BCUT2D eigenvalue weighted by Crippen LogP contribution is 2.62. The Balaban J connectivity index is 1.50. The molecule has 2 aliphatic heterocycles. The molecule has 3 aliphatic rings. The van der Waals surface area contributed by atoms with Gasteiger partial charge in [-0.1, -0.05) is 19.1 Å². The molecule has 2 N–H and O–H groups in total. The summed E-state index contributed by atoms with van der Waals surface area (Å²) in [4.78, 5) is 52.9. The molecule has 1 aromatic rings. The fourth-order valence-electron chi connectivity index (χ4n) is 4.69. The highest BCUT2D eigenvalue weighted by atomic mass is 16.2. The Bertz CT molecular complexity index is 861. The molecule has 7 heteroatoms. The van der Waals surface area contributed by atoms with Crippen LogP contribution in [-0.4, -0.2) is 47.5 Å². The van der Waals surface area contributed by atoms with Crippen LogP contribution in [0.2, 0.25) is 0 Å². The van der Waals surface area contributed by atoms with Gasteiger partial charge in [-0.15, -0.1) is 0 Å². The first-order chi connectivity index (χ1) is 13.4.